The van der Waals surface area contributed by atoms with Crippen molar-refractivity contribution < 1.29 is 22.6 Å². The molecule has 3 heterocycles. The average molecular weight is 461 g/mol. The van der Waals surface area contributed by atoms with Crippen molar-refractivity contribution in [3.63, 3.8) is 0 Å². The molecule has 0 saturated carbocycles. The third-order valence-corrected chi connectivity index (χ3v) is 7.11. The fourth-order valence-electron chi connectivity index (χ4n) is 5.04. The van der Waals surface area contributed by atoms with Crippen molar-refractivity contribution >= 4 is 11.3 Å². The van der Waals surface area contributed by atoms with E-state index in [-0.39, 0.29) is 17.7 Å². The molecule has 0 bridgehead atoms. The van der Waals surface area contributed by atoms with Gasteiger partial charge in [0, 0.05) is 23.1 Å². The van der Waals surface area contributed by atoms with Crippen LogP contribution in [0.5, 0.6) is 5.75 Å². The number of hydrogen-bond acceptors (Lipinski definition) is 5. The van der Waals surface area contributed by atoms with Gasteiger partial charge in [0.1, 0.15) is 10.8 Å². The Bertz CT molecular complexity index is 1060. The van der Waals surface area contributed by atoms with Crippen molar-refractivity contribution in [1.82, 2.24) is 10.3 Å². The van der Waals surface area contributed by atoms with Gasteiger partial charge >= 0.3 is 6.36 Å². The van der Waals surface area contributed by atoms with Crippen molar-refractivity contribution in [2.75, 3.05) is 13.2 Å². The van der Waals surface area contributed by atoms with E-state index in [0.29, 0.717) is 13.0 Å². The van der Waals surface area contributed by atoms with Crippen LogP contribution in [0.25, 0.3) is 10.6 Å². The number of nitrogens with one attached hydrogen (secondary N) is 1. The lowest BCUT2D eigenvalue weighted by molar-refractivity contribution is -0.274. The number of alkyl halides is 3. The van der Waals surface area contributed by atoms with Gasteiger partial charge in [-0.15, -0.1) is 24.5 Å². The van der Waals surface area contributed by atoms with Crippen molar-refractivity contribution in [3.8, 4) is 16.3 Å². The van der Waals surface area contributed by atoms with E-state index in [2.05, 4.69) is 27.2 Å². The van der Waals surface area contributed by atoms with Gasteiger partial charge in [-0.2, -0.15) is 0 Å². The Morgan fingerprint density at radius 2 is 2.00 bits per heavy atom. The Morgan fingerprint density at radius 3 is 2.75 bits per heavy atom. The number of rotatable bonds is 4. The lowest BCUT2D eigenvalue weighted by Crippen LogP contribution is -2.48. The van der Waals surface area contributed by atoms with E-state index in [9.17, 15) is 13.2 Å². The topological polar surface area (TPSA) is 43.4 Å². The van der Waals surface area contributed by atoms with Crippen LogP contribution in [0.2, 0.25) is 0 Å². The molecular formula is C24H23F3N2O2S. The maximum atomic E-state index is 12.9. The third kappa shape index (κ3) is 4.27. The van der Waals surface area contributed by atoms with Gasteiger partial charge in [-0.05, 0) is 55.1 Å². The van der Waals surface area contributed by atoms with Gasteiger partial charge in [-0.3, -0.25) is 0 Å². The van der Waals surface area contributed by atoms with Gasteiger partial charge in [0.2, 0.25) is 0 Å². The number of aromatic nitrogens is 1. The van der Waals surface area contributed by atoms with Crippen LogP contribution in [0.3, 0.4) is 0 Å². The SMILES string of the molecule is FC(F)(F)Oc1ccc(-c2nccs2)c([C@H]2CO[C@]3(CCCN[C@H]3c3ccccc3)C2)c1. The molecule has 1 aromatic heterocycles. The number of piperidine rings is 1. The van der Waals surface area contributed by atoms with Crippen LogP contribution < -0.4 is 10.1 Å². The summed E-state index contributed by atoms with van der Waals surface area (Å²) < 4.78 is 49.4. The molecule has 8 heteroatoms. The van der Waals surface area contributed by atoms with Crippen LogP contribution in [0, 0.1) is 0 Å². The van der Waals surface area contributed by atoms with Crippen molar-refractivity contribution in [1.29, 1.82) is 0 Å². The lowest BCUT2D eigenvalue weighted by atomic mass is 9.76. The van der Waals surface area contributed by atoms with E-state index in [1.165, 1.54) is 29.0 Å². The summed E-state index contributed by atoms with van der Waals surface area (Å²) >= 11 is 1.47. The van der Waals surface area contributed by atoms with E-state index < -0.39 is 12.0 Å². The monoisotopic (exact) mass is 460 g/mol. The second-order valence-electron chi connectivity index (χ2n) is 8.31. The number of hydrogen-bond donors (Lipinski definition) is 1. The molecule has 1 spiro atoms. The van der Waals surface area contributed by atoms with Gasteiger partial charge in [0.15, 0.2) is 0 Å². The maximum absolute atomic E-state index is 12.9. The van der Waals surface area contributed by atoms with Crippen LogP contribution in [-0.2, 0) is 4.74 Å². The molecule has 3 aromatic rings. The van der Waals surface area contributed by atoms with Crippen LogP contribution >= 0.6 is 11.3 Å². The molecular weight excluding hydrogens is 437 g/mol. The second-order valence-corrected chi connectivity index (χ2v) is 9.21. The summed E-state index contributed by atoms with van der Waals surface area (Å²) in [4.78, 5) is 4.39. The largest absolute Gasteiger partial charge is 0.573 e. The summed E-state index contributed by atoms with van der Waals surface area (Å²) in [7, 11) is 0. The predicted octanol–water partition coefficient (Wildman–Crippen LogP) is 6.08. The Kier molecular flexibility index (Phi) is 5.69. The van der Waals surface area contributed by atoms with E-state index in [4.69, 9.17) is 4.74 Å². The van der Waals surface area contributed by atoms with Crippen molar-refractivity contribution in [2.24, 2.45) is 0 Å². The third-order valence-electron chi connectivity index (χ3n) is 6.31. The highest BCUT2D eigenvalue weighted by Gasteiger charge is 2.49. The minimum Gasteiger partial charge on any atom is -0.406 e. The fraction of sp³-hybridized carbons (Fsp3) is 0.375. The van der Waals surface area contributed by atoms with E-state index in [0.717, 1.165) is 35.5 Å². The lowest BCUT2D eigenvalue weighted by Gasteiger charge is -2.41. The molecule has 2 aromatic carbocycles. The summed E-state index contributed by atoms with van der Waals surface area (Å²) in [5.74, 6) is -0.271. The molecule has 0 amide bonds. The van der Waals surface area contributed by atoms with Gasteiger partial charge in [0.25, 0.3) is 0 Å². The molecule has 3 atom stereocenters. The molecule has 1 N–H and O–H groups in total. The first-order valence-corrected chi connectivity index (χ1v) is 11.5. The summed E-state index contributed by atoms with van der Waals surface area (Å²) in [5, 5.41) is 6.26. The highest BCUT2D eigenvalue weighted by Crippen LogP contribution is 2.50. The average Bonchev–Trinajstić information content (AvgIpc) is 3.45. The quantitative estimate of drug-likeness (QED) is 0.513. The van der Waals surface area contributed by atoms with E-state index >= 15 is 0 Å². The first-order valence-electron chi connectivity index (χ1n) is 10.7. The van der Waals surface area contributed by atoms with Gasteiger partial charge in [-0.1, -0.05) is 30.3 Å². The first kappa shape index (κ1) is 21.4. The van der Waals surface area contributed by atoms with E-state index in [1.807, 2.05) is 23.6 Å². The smallest absolute Gasteiger partial charge is 0.406 e. The molecule has 2 saturated heterocycles. The molecule has 4 nitrogen and oxygen atoms in total. The van der Waals surface area contributed by atoms with Gasteiger partial charge < -0.3 is 14.8 Å². The highest BCUT2D eigenvalue weighted by molar-refractivity contribution is 7.13. The Balaban J connectivity index is 1.50. The second kappa shape index (κ2) is 8.50. The first-order chi connectivity index (χ1) is 15.4. The van der Waals surface area contributed by atoms with Crippen LogP contribution in [0.4, 0.5) is 13.2 Å². The highest BCUT2D eigenvalue weighted by atomic mass is 32.1. The Labute approximate surface area is 188 Å². The summed E-state index contributed by atoms with van der Waals surface area (Å²) in [5.41, 5.74) is 2.39. The summed E-state index contributed by atoms with van der Waals surface area (Å²) in [6.45, 7) is 1.35. The zero-order chi connectivity index (χ0) is 22.2. The molecule has 2 fully saturated rings. The van der Waals surface area contributed by atoms with Crippen LogP contribution in [-0.4, -0.2) is 30.1 Å². The van der Waals surface area contributed by atoms with Crippen molar-refractivity contribution in [2.45, 2.75) is 43.2 Å². The normalized spacial score (nSPS) is 25.8. The Hall–Kier alpha value is -2.42. The molecule has 0 radical (unpaired) electrons. The predicted molar refractivity (Wildman–Crippen MR) is 117 cm³/mol. The molecule has 32 heavy (non-hydrogen) atoms. The summed E-state index contributed by atoms with van der Waals surface area (Å²) in [6.07, 6.45) is -0.423. The molecule has 2 aliphatic heterocycles. The number of halogens is 3. The minimum absolute atomic E-state index is 0.0420. The molecule has 0 unspecified atom stereocenters. The fourth-order valence-corrected chi connectivity index (χ4v) is 5.72. The number of thiazole rings is 1. The molecule has 2 aliphatic rings. The standard InChI is InChI=1S/C24H23F3N2O2S/c25-24(26,27)31-18-7-8-19(22-29-11-12-32-22)20(13-18)17-14-23(30-15-17)9-4-10-28-21(23)16-5-2-1-3-6-16/h1-3,5-8,11-13,17,21,28H,4,9-10,14-15H2/t17-,21+,23-/m1/s1. The van der Waals surface area contributed by atoms with E-state index in [1.54, 1.807) is 12.3 Å². The molecule has 5 rings (SSSR count). The Morgan fingerprint density at radius 1 is 1.16 bits per heavy atom. The molecule has 0 aliphatic carbocycles. The van der Waals surface area contributed by atoms with Gasteiger partial charge in [0.05, 0.1) is 18.2 Å². The van der Waals surface area contributed by atoms with Crippen LogP contribution in [0.1, 0.15) is 42.3 Å². The summed E-state index contributed by atoms with van der Waals surface area (Å²) in [6, 6.07) is 14.8. The molecule has 168 valence electrons. The number of ether oxygens (including phenoxy) is 2. The number of benzene rings is 2. The van der Waals surface area contributed by atoms with Gasteiger partial charge in [-0.25, -0.2) is 4.98 Å². The van der Waals surface area contributed by atoms with Crippen LogP contribution in [0.15, 0.2) is 60.1 Å². The zero-order valence-corrected chi connectivity index (χ0v) is 18.1. The minimum atomic E-state index is -4.74. The van der Waals surface area contributed by atoms with Crippen molar-refractivity contribution in [3.05, 3.63) is 71.2 Å². The number of nitrogens with zero attached hydrogens (tertiary/aromatic N) is 1. The zero-order valence-electron chi connectivity index (χ0n) is 17.3. The maximum Gasteiger partial charge on any atom is 0.573 e.